The van der Waals surface area contributed by atoms with Crippen molar-refractivity contribution in [1.29, 1.82) is 0 Å². The highest BCUT2D eigenvalue weighted by Crippen LogP contribution is 2.29. The molecule has 7 heteroatoms. The van der Waals surface area contributed by atoms with Gasteiger partial charge in [0, 0.05) is 18.7 Å². The number of phenols is 1. The van der Waals surface area contributed by atoms with Crippen molar-refractivity contribution in [1.82, 2.24) is 9.78 Å². The molecule has 0 atom stereocenters. The second-order valence-corrected chi connectivity index (χ2v) is 3.92. The highest BCUT2D eigenvalue weighted by molar-refractivity contribution is 5.94. The van der Waals surface area contributed by atoms with E-state index in [0.29, 0.717) is 17.1 Å². The van der Waals surface area contributed by atoms with Gasteiger partial charge in [0.15, 0.2) is 11.6 Å². The minimum Gasteiger partial charge on any atom is -0.504 e. The fourth-order valence-corrected chi connectivity index (χ4v) is 1.64. The van der Waals surface area contributed by atoms with Crippen LogP contribution in [-0.4, -0.2) is 28.0 Å². The van der Waals surface area contributed by atoms with Gasteiger partial charge < -0.3 is 15.6 Å². The molecule has 1 aromatic carbocycles. The summed E-state index contributed by atoms with van der Waals surface area (Å²) in [6, 6.07) is 3.91. The Morgan fingerprint density at radius 3 is 2.68 bits per heavy atom. The van der Waals surface area contributed by atoms with Gasteiger partial charge in [-0.05, 0) is 12.1 Å². The fourth-order valence-electron chi connectivity index (χ4n) is 1.64. The first-order valence-corrected chi connectivity index (χ1v) is 5.34. The average molecular weight is 265 g/mol. The molecule has 0 unspecified atom stereocenters. The molecule has 0 aliphatic carbocycles. The SMILES string of the molecule is COC(=O)c1cc(-c2cc(N)n(C)n2)cc(F)c1O. The van der Waals surface area contributed by atoms with Gasteiger partial charge in [-0.25, -0.2) is 9.18 Å². The number of ether oxygens (including phenoxy) is 1. The Bertz CT molecular complexity index is 632. The van der Waals surface area contributed by atoms with Crippen molar-refractivity contribution in [2.45, 2.75) is 0 Å². The van der Waals surface area contributed by atoms with Crippen LogP contribution in [0.2, 0.25) is 0 Å². The van der Waals surface area contributed by atoms with E-state index in [1.807, 2.05) is 0 Å². The monoisotopic (exact) mass is 265 g/mol. The number of aryl methyl sites for hydroxylation is 1. The maximum atomic E-state index is 13.6. The standard InChI is InChI=1S/C12H12FN3O3/c1-16-10(14)5-9(15-16)6-3-7(12(18)19-2)11(17)8(13)4-6/h3-5,17H,14H2,1-2H3. The number of esters is 1. The predicted molar refractivity (Wildman–Crippen MR) is 66.0 cm³/mol. The highest BCUT2D eigenvalue weighted by atomic mass is 19.1. The maximum absolute atomic E-state index is 13.6. The number of nitrogens with zero attached hydrogens (tertiary/aromatic N) is 2. The number of carbonyl (C=O) groups is 1. The van der Waals surface area contributed by atoms with Crippen molar-refractivity contribution >= 4 is 11.8 Å². The number of methoxy groups -OCH3 is 1. The summed E-state index contributed by atoms with van der Waals surface area (Å²) in [5.41, 5.74) is 6.09. The molecule has 0 spiro atoms. The molecule has 1 heterocycles. The van der Waals surface area contributed by atoms with Crippen LogP contribution in [0.4, 0.5) is 10.2 Å². The molecule has 100 valence electrons. The zero-order chi connectivity index (χ0) is 14.2. The smallest absolute Gasteiger partial charge is 0.341 e. The minimum atomic E-state index is -0.929. The van der Waals surface area contributed by atoms with Gasteiger partial charge in [-0.2, -0.15) is 5.10 Å². The van der Waals surface area contributed by atoms with Crippen LogP contribution in [0.25, 0.3) is 11.3 Å². The summed E-state index contributed by atoms with van der Waals surface area (Å²) < 4.78 is 19.5. The van der Waals surface area contributed by atoms with Gasteiger partial charge in [0.05, 0.1) is 12.8 Å². The summed E-state index contributed by atoms with van der Waals surface area (Å²) in [6.07, 6.45) is 0. The number of benzene rings is 1. The molecule has 0 fully saturated rings. The van der Waals surface area contributed by atoms with Crippen molar-refractivity contribution in [2.75, 3.05) is 12.8 Å². The van der Waals surface area contributed by atoms with Crippen LogP contribution >= 0.6 is 0 Å². The first-order valence-electron chi connectivity index (χ1n) is 5.34. The lowest BCUT2D eigenvalue weighted by Gasteiger charge is -2.06. The largest absolute Gasteiger partial charge is 0.504 e. The zero-order valence-corrected chi connectivity index (χ0v) is 10.3. The molecule has 0 bridgehead atoms. The number of nitrogens with two attached hydrogens (primary N) is 1. The lowest BCUT2D eigenvalue weighted by molar-refractivity contribution is 0.0596. The van der Waals surface area contributed by atoms with Gasteiger partial charge in [0.1, 0.15) is 11.4 Å². The number of carbonyl (C=O) groups excluding carboxylic acids is 1. The van der Waals surface area contributed by atoms with Gasteiger partial charge in [0.25, 0.3) is 0 Å². The number of aromatic nitrogens is 2. The molecule has 0 aliphatic rings. The molecular formula is C12H12FN3O3. The average Bonchev–Trinajstić information content (AvgIpc) is 2.72. The van der Waals surface area contributed by atoms with E-state index in [2.05, 4.69) is 9.84 Å². The number of halogens is 1. The van der Waals surface area contributed by atoms with E-state index in [1.165, 1.54) is 16.8 Å². The van der Waals surface area contributed by atoms with E-state index in [-0.39, 0.29) is 5.56 Å². The first-order chi connectivity index (χ1) is 8.93. The third-order valence-electron chi connectivity index (χ3n) is 2.68. The van der Waals surface area contributed by atoms with Gasteiger partial charge in [0.2, 0.25) is 0 Å². The van der Waals surface area contributed by atoms with Crippen molar-refractivity contribution in [2.24, 2.45) is 7.05 Å². The fraction of sp³-hybridized carbons (Fsp3) is 0.167. The van der Waals surface area contributed by atoms with E-state index in [1.54, 1.807) is 7.05 Å². The number of anilines is 1. The highest BCUT2D eigenvalue weighted by Gasteiger charge is 2.18. The molecular weight excluding hydrogens is 253 g/mol. The number of nitrogen functional groups attached to an aromatic ring is 1. The van der Waals surface area contributed by atoms with Crippen LogP contribution in [0.5, 0.6) is 5.75 Å². The van der Waals surface area contributed by atoms with Crippen LogP contribution in [0, 0.1) is 5.82 Å². The lowest BCUT2D eigenvalue weighted by Crippen LogP contribution is -2.03. The normalized spacial score (nSPS) is 10.5. The van der Waals surface area contributed by atoms with Crippen LogP contribution in [0.15, 0.2) is 18.2 Å². The molecule has 6 nitrogen and oxygen atoms in total. The quantitative estimate of drug-likeness (QED) is 0.799. The van der Waals surface area contributed by atoms with Crippen LogP contribution < -0.4 is 5.73 Å². The van der Waals surface area contributed by atoms with Gasteiger partial charge in [-0.1, -0.05) is 0 Å². The minimum absolute atomic E-state index is 0.262. The molecule has 2 aromatic rings. The number of hydrogen-bond donors (Lipinski definition) is 2. The molecule has 19 heavy (non-hydrogen) atoms. The number of rotatable bonds is 2. The molecule has 0 radical (unpaired) electrons. The van der Waals surface area contributed by atoms with Crippen LogP contribution in [0.1, 0.15) is 10.4 Å². The van der Waals surface area contributed by atoms with Crippen LogP contribution in [0.3, 0.4) is 0 Å². The first kappa shape index (κ1) is 12.9. The molecule has 2 rings (SSSR count). The molecule has 0 aliphatic heterocycles. The predicted octanol–water partition coefficient (Wildman–Crippen LogP) is 1.30. The van der Waals surface area contributed by atoms with E-state index in [0.717, 1.165) is 13.2 Å². The maximum Gasteiger partial charge on any atom is 0.341 e. The Hall–Kier alpha value is -2.57. The molecule has 1 aromatic heterocycles. The van der Waals surface area contributed by atoms with E-state index >= 15 is 0 Å². The van der Waals surface area contributed by atoms with E-state index in [4.69, 9.17) is 5.73 Å². The summed E-state index contributed by atoms with van der Waals surface area (Å²) in [4.78, 5) is 11.4. The summed E-state index contributed by atoms with van der Waals surface area (Å²) in [5, 5.41) is 13.6. The Kier molecular flexibility index (Phi) is 3.12. The Morgan fingerprint density at radius 2 is 2.16 bits per heavy atom. The molecule has 0 saturated carbocycles. The summed E-state index contributed by atoms with van der Waals surface area (Å²) in [7, 11) is 2.78. The Labute approximate surface area is 108 Å². The number of hydrogen-bond acceptors (Lipinski definition) is 5. The zero-order valence-electron chi connectivity index (χ0n) is 10.3. The summed E-state index contributed by atoms with van der Waals surface area (Å²) >= 11 is 0. The van der Waals surface area contributed by atoms with E-state index in [9.17, 15) is 14.3 Å². The lowest BCUT2D eigenvalue weighted by atomic mass is 10.1. The molecule has 0 amide bonds. The second kappa shape index (κ2) is 4.60. The second-order valence-electron chi connectivity index (χ2n) is 3.92. The molecule has 0 saturated heterocycles. The Morgan fingerprint density at radius 1 is 1.47 bits per heavy atom. The Balaban J connectivity index is 2.59. The van der Waals surface area contributed by atoms with Gasteiger partial charge >= 0.3 is 5.97 Å². The summed E-state index contributed by atoms with van der Waals surface area (Å²) in [6.45, 7) is 0. The molecule has 3 N–H and O–H groups in total. The van der Waals surface area contributed by atoms with Gasteiger partial charge in [-0.15, -0.1) is 0 Å². The van der Waals surface area contributed by atoms with Crippen molar-refractivity contribution in [3.05, 3.63) is 29.6 Å². The third-order valence-corrected chi connectivity index (χ3v) is 2.68. The van der Waals surface area contributed by atoms with Crippen molar-refractivity contribution < 1.29 is 19.0 Å². The van der Waals surface area contributed by atoms with Gasteiger partial charge in [-0.3, -0.25) is 4.68 Å². The number of aromatic hydroxyl groups is 1. The van der Waals surface area contributed by atoms with E-state index < -0.39 is 17.5 Å². The topological polar surface area (TPSA) is 90.4 Å². The van der Waals surface area contributed by atoms with Crippen molar-refractivity contribution in [3.63, 3.8) is 0 Å². The van der Waals surface area contributed by atoms with Crippen molar-refractivity contribution in [3.8, 4) is 17.0 Å². The van der Waals surface area contributed by atoms with Crippen LogP contribution in [-0.2, 0) is 11.8 Å². The third kappa shape index (κ3) is 2.22. The summed E-state index contributed by atoms with van der Waals surface area (Å²) in [5.74, 6) is -2.12. The number of phenolic OH excluding ortho intramolecular Hbond substituents is 1.